The monoisotopic (exact) mass is 664 g/mol. The van der Waals surface area contributed by atoms with E-state index in [4.69, 9.17) is 28.2 Å². The number of fused-ring (bicyclic) bond motifs is 6. The molecule has 252 valence electrons. The van der Waals surface area contributed by atoms with Crippen molar-refractivity contribution in [1.82, 2.24) is 0 Å². The standard InChI is InChI=1S/C29H38F2O13S/c1-11(2)28(40-17-10-13-9-16(17)15-6-4-5-14(13)15)44-27(35)21-20-23-25(43-26(20)34)24(22(21)42-23)41-19(33)8-7-18(32)39-12(3)29(30,31)45(36,37)38/h11-17,20-25,28H,4-10H2,1-3H3,(H,36,37,38). The van der Waals surface area contributed by atoms with E-state index < -0.39 is 101 Å². The Hall–Kier alpha value is -2.43. The highest BCUT2D eigenvalue weighted by Crippen LogP contribution is 2.60. The third kappa shape index (κ3) is 5.63. The fourth-order valence-electron chi connectivity index (χ4n) is 8.54. The maximum atomic E-state index is 13.7. The summed E-state index contributed by atoms with van der Waals surface area (Å²) in [6.45, 7) is 4.32. The summed E-state index contributed by atoms with van der Waals surface area (Å²) in [6.07, 6.45) is -3.11. The third-order valence-electron chi connectivity index (χ3n) is 10.6. The molecule has 16 heteroatoms. The summed E-state index contributed by atoms with van der Waals surface area (Å²) in [5.74, 6) is -3.51. The Balaban J connectivity index is 1.05. The van der Waals surface area contributed by atoms with Gasteiger partial charge in [-0.05, 0) is 56.3 Å². The summed E-state index contributed by atoms with van der Waals surface area (Å²) in [4.78, 5) is 50.9. The average molecular weight is 665 g/mol. The van der Waals surface area contributed by atoms with E-state index in [9.17, 15) is 36.4 Å². The third-order valence-corrected chi connectivity index (χ3v) is 11.6. The molecule has 45 heavy (non-hydrogen) atoms. The highest BCUT2D eigenvalue weighted by Gasteiger charge is 2.72. The van der Waals surface area contributed by atoms with Gasteiger partial charge in [-0.2, -0.15) is 17.2 Å². The largest absolute Gasteiger partial charge is 0.455 e. The maximum absolute atomic E-state index is 13.7. The molecule has 3 saturated heterocycles. The summed E-state index contributed by atoms with van der Waals surface area (Å²) in [6, 6.07) is 0. The van der Waals surface area contributed by atoms with Crippen molar-refractivity contribution < 1.29 is 69.4 Å². The molecule has 0 aromatic heterocycles. The number of ether oxygens (including phenoxy) is 6. The molecule has 0 amide bonds. The van der Waals surface area contributed by atoms with Crippen molar-refractivity contribution >= 4 is 34.0 Å². The van der Waals surface area contributed by atoms with Crippen LogP contribution in [0.2, 0.25) is 0 Å². The van der Waals surface area contributed by atoms with Crippen molar-refractivity contribution in [3.8, 4) is 0 Å². The molecule has 13 atom stereocenters. The highest BCUT2D eigenvalue weighted by atomic mass is 32.2. The van der Waals surface area contributed by atoms with Crippen molar-refractivity contribution in [2.75, 3.05) is 0 Å². The van der Waals surface area contributed by atoms with Crippen molar-refractivity contribution in [3.05, 3.63) is 0 Å². The van der Waals surface area contributed by atoms with Gasteiger partial charge >= 0.3 is 39.2 Å². The van der Waals surface area contributed by atoms with Gasteiger partial charge in [0.2, 0.25) is 6.29 Å². The second-order valence-corrected chi connectivity index (χ2v) is 15.0. The van der Waals surface area contributed by atoms with E-state index in [1.807, 2.05) is 13.8 Å². The lowest BCUT2D eigenvalue weighted by Gasteiger charge is -2.35. The molecule has 3 heterocycles. The molecule has 0 aromatic carbocycles. The summed E-state index contributed by atoms with van der Waals surface area (Å²) in [7, 11) is -5.85. The first kappa shape index (κ1) is 32.5. The Morgan fingerprint density at radius 3 is 2.36 bits per heavy atom. The maximum Gasteiger partial charge on any atom is 0.405 e. The SMILES string of the molecule is CC(C)C(OC(=O)C1C2OC3C(OC(=O)C31)C2OC(=O)CCC(=O)OC(C)C(F)(F)S(=O)(=O)O)OC1CC2CC1C1CCCC21. The summed E-state index contributed by atoms with van der Waals surface area (Å²) in [5.41, 5.74) is 0. The first-order valence-electron chi connectivity index (χ1n) is 15.5. The number of esters is 4. The molecule has 0 radical (unpaired) electrons. The lowest BCUT2D eigenvalue weighted by Crippen LogP contribution is -2.49. The van der Waals surface area contributed by atoms with Gasteiger partial charge in [0, 0.05) is 5.92 Å². The van der Waals surface area contributed by atoms with E-state index >= 15 is 0 Å². The quantitative estimate of drug-likeness (QED) is 0.139. The molecule has 6 rings (SSSR count). The van der Waals surface area contributed by atoms with Gasteiger partial charge in [0.25, 0.3) is 0 Å². The van der Waals surface area contributed by atoms with Crippen LogP contribution in [0.25, 0.3) is 0 Å². The van der Waals surface area contributed by atoms with Crippen LogP contribution in [0.3, 0.4) is 0 Å². The highest BCUT2D eigenvalue weighted by molar-refractivity contribution is 7.86. The van der Waals surface area contributed by atoms with Gasteiger partial charge < -0.3 is 28.4 Å². The summed E-state index contributed by atoms with van der Waals surface area (Å²) < 4.78 is 91.0. The molecule has 6 fully saturated rings. The Bertz CT molecular complexity index is 1340. The Labute approximate surface area is 258 Å². The van der Waals surface area contributed by atoms with Gasteiger partial charge in [-0.25, -0.2) is 0 Å². The number of halogens is 2. The lowest BCUT2D eigenvalue weighted by atomic mass is 9.78. The van der Waals surface area contributed by atoms with Crippen LogP contribution in [-0.4, -0.2) is 85.0 Å². The van der Waals surface area contributed by atoms with Gasteiger partial charge in [0.15, 0.2) is 18.3 Å². The van der Waals surface area contributed by atoms with Crippen LogP contribution in [0.1, 0.15) is 65.7 Å². The van der Waals surface area contributed by atoms with Crippen molar-refractivity contribution in [2.45, 2.75) is 114 Å². The molecule has 6 aliphatic rings. The van der Waals surface area contributed by atoms with E-state index in [-0.39, 0.29) is 12.0 Å². The number of hydrogen-bond acceptors (Lipinski definition) is 12. The van der Waals surface area contributed by atoms with Crippen LogP contribution in [0, 0.1) is 41.4 Å². The van der Waals surface area contributed by atoms with Gasteiger partial charge in [-0.15, -0.1) is 0 Å². The minimum atomic E-state index is -5.85. The predicted octanol–water partition coefficient (Wildman–Crippen LogP) is 2.40. The van der Waals surface area contributed by atoms with Gasteiger partial charge in [0.05, 0.1) is 18.9 Å². The zero-order valence-electron chi connectivity index (χ0n) is 25.0. The number of alkyl halides is 2. The Kier molecular flexibility index (Phi) is 8.43. The van der Waals surface area contributed by atoms with Crippen LogP contribution in [0.5, 0.6) is 0 Å². The van der Waals surface area contributed by atoms with Gasteiger partial charge in [-0.3, -0.25) is 23.7 Å². The summed E-state index contributed by atoms with van der Waals surface area (Å²) in [5, 5.41) is -4.76. The second-order valence-electron chi connectivity index (χ2n) is 13.5. The topological polar surface area (TPSA) is 178 Å². The molecule has 1 N–H and O–H groups in total. The molecule has 3 aliphatic carbocycles. The molecule has 13 nitrogen and oxygen atoms in total. The smallest absolute Gasteiger partial charge is 0.405 e. The van der Waals surface area contributed by atoms with E-state index in [0.717, 1.165) is 18.8 Å². The minimum Gasteiger partial charge on any atom is -0.455 e. The fraction of sp³-hybridized carbons (Fsp3) is 0.862. The van der Waals surface area contributed by atoms with E-state index in [0.29, 0.717) is 24.7 Å². The Morgan fingerprint density at radius 2 is 1.67 bits per heavy atom. The summed E-state index contributed by atoms with van der Waals surface area (Å²) >= 11 is 0. The molecular weight excluding hydrogens is 626 g/mol. The molecule has 0 aromatic rings. The number of hydrogen-bond donors (Lipinski definition) is 1. The number of carbonyl (C=O) groups is 4. The Morgan fingerprint density at radius 1 is 0.978 bits per heavy atom. The molecule has 3 aliphatic heterocycles. The molecular formula is C29H38F2O13S. The van der Waals surface area contributed by atoms with E-state index in [2.05, 4.69) is 4.74 Å². The zero-order chi connectivity index (χ0) is 32.6. The average Bonchev–Trinajstić information content (AvgIpc) is 3.77. The number of rotatable bonds is 12. The first-order valence-corrected chi connectivity index (χ1v) is 17.0. The molecule has 13 unspecified atom stereocenters. The van der Waals surface area contributed by atoms with E-state index in [1.54, 1.807) is 0 Å². The van der Waals surface area contributed by atoms with Crippen LogP contribution >= 0.6 is 0 Å². The lowest BCUT2D eigenvalue weighted by molar-refractivity contribution is -0.216. The van der Waals surface area contributed by atoms with Crippen LogP contribution in [-0.2, 0) is 57.7 Å². The minimum absolute atomic E-state index is 0.00527. The normalized spacial score (nSPS) is 39.1. The predicted molar refractivity (Wildman–Crippen MR) is 143 cm³/mol. The van der Waals surface area contributed by atoms with Crippen molar-refractivity contribution in [1.29, 1.82) is 0 Å². The van der Waals surface area contributed by atoms with Crippen molar-refractivity contribution in [3.63, 3.8) is 0 Å². The van der Waals surface area contributed by atoms with Gasteiger partial charge in [0.1, 0.15) is 24.0 Å². The first-order chi connectivity index (χ1) is 21.1. The molecule has 3 saturated carbocycles. The second kappa shape index (κ2) is 11.7. The van der Waals surface area contributed by atoms with Crippen LogP contribution in [0.4, 0.5) is 8.78 Å². The van der Waals surface area contributed by atoms with Crippen LogP contribution in [0.15, 0.2) is 0 Å². The molecule has 0 spiro atoms. The fourth-order valence-corrected chi connectivity index (χ4v) is 9.00. The van der Waals surface area contributed by atoms with Gasteiger partial charge in [-0.1, -0.05) is 20.3 Å². The molecule has 4 bridgehead atoms. The van der Waals surface area contributed by atoms with E-state index in [1.165, 1.54) is 19.3 Å². The van der Waals surface area contributed by atoms with Crippen LogP contribution < -0.4 is 0 Å². The number of carbonyl (C=O) groups excluding carboxylic acids is 4. The zero-order valence-corrected chi connectivity index (χ0v) is 25.9. The van der Waals surface area contributed by atoms with Crippen molar-refractivity contribution in [2.24, 2.45) is 41.4 Å².